The molecule has 0 saturated carbocycles. The quantitative estimate of drug-likeness (QED) is 0.229. The molecule has 8 heteroatoms. The molecule has 0 fully saturated rings. The Morgan fingerprint density at radius 3 is 2.43 bits per heavy atom. The van der Waals surface area contributed by atoms with Crippen LogP contribution in [0, 0.1) is 0 Å². The molecule has 0 aromatic heterocycles. The molecule has 0 spiro atoms. The van der Waals surface area contributed by atoms with Crippen molar-refractivity contribution in [2.24, 2.45) is 5.73 Å². The standard InChI is InChI=1S/C6H11N3O5/c7-5(13)6(14)8-1-3(11)9-4(12)2-10/h2,4-5,12-13H,1,7H2,(H,8,14)(H,9,11). The van der Waals surface area contributed by atoms with Crippen molar-refractivity contribution in [3.63, 3.8) is 0 Å². The first-order valence-electron chi connectivity index (χ1n) is 3.61. The van der Waals surface area contributed by atoms with Crippen LogP contribution < -0.4 is 16.4 Å². The van der Waals surface area contributed by atoms with Gasteiger partial charge in [0.05, 0.1) is 6.54 Å². The summed E-state index contributed by atoms with van der Waals surface area (Å²) in [5, 5.41) is 20.9. The van der Waals surface area contributed by atoms with Crippen molar-refractivity contribution in [3.05, 3.63) is 0 Å². The van der Waals surface area contributed by atoms with E-state index >= 15 is 0 Å². The van der Waals surface area contributed by atoms with Gasteiger partial charge < -0.3 is 20.8 Å². The Labute approximate surface area is 79.1 Å². The fourth-order valence-electron chi connectivity index (χ4n) is 0.522. The molecule has 2 unspecified atom stereocenters. The van der Waals surface area contributed by atoms with E-state index in [1.807, 2.05) is 10.6 Å². The predicted molar refractivity (Wildman–Crippen MR) is 43.4 cm³/mol. The number of hydrogen-bond acceptors (Lipinski definition) is 6. The van der Waals surface area contributed by atoms with Gasteiger partial charge in [0.25, 0.3) is 5.91 Å². The molecule has 8 nitrogen and oxygen atoms in total. The second-order valence-electron chi connectivity index (χ2n) is 2.31. The Hall–Kier alpha value is -1.51. The fourth-order valence-corrected chi connectivity index (χ4v) is 0.522. The monoisotopic (exact) mass is 205 g/mol. The SMILES string of the molecule is NC(O)C(=O)NCC(=O)NC(O)C=O. The lowest BCUT2D eigenvalue weighted by atomic mass is 10.5. The van der Waals surface area contributed by atoms with E-state index in [0.29, 0.717) is 0 Å². The van der Waals surface area contributed by atoms with Crippen LogP contribution in [0.25, 0.3) is 0 Å². The van der Waals surface area contributed by atoms with Gasteiger partial charge in [-0.2, -0.15) is 0 Å². The lowest BCUT2D eigenvalue weighted by Crippen LogP contribution is -2.46. The number of nitrogens with one attached hydrogen (secondary N) is 2. The van der Waals surface area contributed by atoms with Gasteiger partial charge in [0.2, 0.25) is 5.91 Å². The molecule has 0 aromatic rings. The number of amides is 2. The smallest absolute Gasteiger partial charge is 0.264 e. The van der Waals surface area contributed by atoms with Crippen LogP contribution in [-0.4, -0.2) is 47.3 Å². The normalized spacial score (nSPS) is 13.9. The fraction of sp³-hybridized carbons (Fsp3) is 0.500. The van der Waals surface area contributed by atoms with Gasteiger partial charge in [0.15, 0.2) is 18.7 Å². The van der Waals surface area contributed by atoms with Gasteiger partial charge in [0, 0.05) is 0 Å². The maximum atomic E-state index is 10.8. The largest absolute Gasteiger partial charge is 0.370 e. The third-order valence-electron chi connectivity index (χ3n) is 1.13. The third kappa shape index (κ3) is 5.19. The summed E-state index contributed by atoms with van der Waals surface area (Å²) >= 11 is 0. The van der Waals surface area contributed by atoms with Crippen molar-refractivity contribution in [3.8, 4) is 0 Å². The van der Waals surface area contributed by atoms with Crippen LogP contribution in [0.4, 0.5) is 0 Å². The second kappa shape index (κ2) is 6.02. The summed E-state index contributed by atoms with van der Waals surface area (Å²) in [5.41, 5.74) is 4.76. The molecule has 0 aliphatic carbocycles. The Morgan fingerprint density at radius 1 is 1.43 bits per heavy atom. The third-order valence-corrected chi connectivity index (χ3v) is 1.13. The molecule has 0 heterocycles. The number of carbonyl (C=O) groups excluding carboxylic acids is 3. The molecule has 0 saturated heterocycles. The van der Waals surface area contributed by atoms with Crippen molar-refractivity contribution < 1.29 is 24.6 Å². The number of aldehydes is 1. The molecule has 0 aliphatic heterocycles. The Bertz CT molecular complexity index is 230. The van der Waals surface area contributed by atoms with Crippen LogP contribution in [0.15, 0.2) is 0 Å². The summed E-state index contributed by atoms with van der Waals surface area (Å²) in [6.07, 6.45) is -3.21. The van der Waals surface area contributed by atoms with Gasteiger partial charge in [-0.25, -0.2) is 0 Å². The lowest BCUT2D eigenvalue weighted by Gasteiger charge is -2.08. The van der Waals surface area contributed by atoms with Crippen LogP contribution in [0.2, 0.25) is 0 Å². The van der Waals surface area contributed by atoms with Crippen molar-refractivity contribution in [1.82, 2.24) is 10.6 Å². The topological polar surface area (TPSA) is 142 Å². The maximum absolute atomic E-state index is 10.8. The van der Waals surface area contributed by atoms with Crippen LogP contribution >= 0.6 is 0 Å². The summed E-state index contributed by atoms with van der Waals surface area (Å²) in [5.74, 6) is -1.71. The molecule has 0 aromatic carbocycles. The Balaban J connectivity index is 3.74. The second-order valence-corrected chi connectivity index (χ2v) is 2.31. The molecule has 0 rings (SSSR count). The summed E-state index contributed by atoms with van der Waals surface area (Å²) < 4.78 is 0. The number of aliphatic hydroxyl groups is 2. The summed E-state index contributed by atoms with van der Waals surface area (Å²) in [4.78, 5) is 31.3. The van der Waals surface area contributed by atoms with E-state index in [-0.39, 0.29) is 6.29 Å². The molecule has 0 bridgehead atoms. The van der Waals surface area contributed by atoms with Gasteiger partial charge in [-0.15, -0.1) is 0 Å². The highest BCUT2D eigenvalue weighted by Crippen LogP contribution is 1.73. The van der Waals surface area contributed by atoms with E-state index in [9.17, 15) is 14.4 Å². The van der Waals surface area contributed by atoms with Crippen LogP contribution in [0.3, 0.4) is 0 Å². The van der Waals surface area contributed by atoms with E-state index in [2.05, 4.69) is 0 Å². The lowest BCUT2D eigenvalue weighted by molar-refractivity contribution is -0.133. The number of aliphatic hydroxyl groups excluding tert-OH is 2. The molecular formula is C6H11N3O5. The van der Waals surface area contributed by atoms with E-state index in [0.717, 1.165) is 0 Å². The zero-order valence-electron chi connectivity index (χ0n) is 7.14. The molecule has 14 heavy (non-hydrogen) atoms. The van der Waals surface area contributed by atoms with Crippen LogP contribution in [-0.2, 0) is 14.4 Å². The zero-order chi connectivity index (χ0) is 11.1. The molecule has 80 valence electrons. The first-order chi connectivity index (χ1) is 6.47. The Kier molecular flexibility index (Phi) is 5.37. The minimum absolute atomic E-state index is 0.109. The van der Waals surface area contributed by atoms with Gasteiger partial charge in [0.1, 0.15) is 0 Å². The highest BCUT2D eigenvalue weighted by molar-refractivity contribution is 5.87. The van der Waals surface area contributed by atoms with Gasteiger partial charge in [-0.05, 0) is 0 Å². The highest BCUT2D eigenvalue weighted by Gasteiger charge is 2.12. The number of carbonyl (C=O) groups is 3. The van der Waals surface area contributed by atoms with Crippen molar-refractivity contribution in [2.45, 2.75) is 12.5 Å². The molecular weight excluding hydrogens is 194 g/mol. The van der Waals surface area contributed by atoms with E-state index in [4.69, 9.17) is 15.9 Å². The molecule has 6 N–H and O–H groups in total. The molecule has 2 atom stereocenters. The average Bonchev–Trinajstić information content (AvgIpc) is 2.13. The van der Waals surface area contributed by atoms with Gasteiger partial charge in [-0.3, -0.25) is 20.1 Å². The van der Waals surface area contributed by atoms with Crippen molar-refractivity contribution in [1.29, 1.82) is 0 Å². The molecule has 2 amide bonds. The minimum Gasteiger partial charge on any atom is -0.370 e. The van der Waals surface area contributed by atoms with Crippen molar-refractivity contribution in [2.75, 3.05) is 6.54 Å². The van der Waals surface area contributed by atoms with Gasteiger partial charge >= 0.3 is 0 Å². The summed E-state index contributed by atoms with van der Waals surface area (Å²) in [6.45, 7) is -0.488. The predicted octanol–water partition coefficient (Wildman–Crippen LogP) is -3.99. The van der Waals surface area contributed by atoms with Crippen LogP contribution in [0.1, 0.15) is 0 Å². The Morgan fingerprint density at radius 2 is 2.00 bits per heavy atom. The first kappa shape index (κ1) is 12.5. The van der Waals surface area contributed by atoms with Crippen LogP contribution in [0.5, 0.6) is 0 Å². The number of nitrogens with two attached hydrogens (primary N) is 1. The minimum atomic E-state index is -1.71. The maximum Gasteiger partial charge on any atom is 0.264 e. The average molecular weight is 205 g/mol. The van der Waals surface area contributed by atoms with Gasteiger partial charge in [-0.1, -0.05) is 0 Å². The highest BCUT2D eigenvalue weighted by atomic mass is 16.3. The number of rotatable bonds is 5. The summed E-state index contributed by atoms with van der Waals surface area (Å²) in [7, 11) is 0. The summed E-state index contributed by atoms with van der Waals surface area (Å²) in [6, 6.07) is 0. The first-order valence-corrected chi connectivity index (χ1v) is 3.61. The van der Waals surface area contributed by atoms with E-state index < -0.39 is 30.8 Å². The molecule has 0 radical (unpaired) electrons. The van der Waals surface area contributed by atoms with Crippen molar-refractivity contribution >= 4 is 18.1 Å². The van der Waals surface area contributed by atoms with E-state index in [1.54, 1.807) is 0 Å². The van der Waals surface area contributed by atoms with E-state index in [1.165, 1.54) is 0 Å². The zero-order valence-corrected chi connectivity index (χ0v) is 7.14. The molecule has 0 aliphatic rings. The number of hydrogen-bond donors (Lipinski definition) is 5.